The van der Waals surface area contributed by atoms with Gasteiger partial charge >= 0.3 is 5.97 Å². The number of fused-ring (bicyclic) bond motifs is 1. The van der Waals surface area contributed by atoms with Crippen LogP contribution in [0.4, 0.5) is 11.4 Å². The Morgan fingerprint density at radius 2 is 1.79 bits per heavy atom. The van der Waals surface area contributed by atoms with Crippen molar-refractivity contribution < 1.29 is 24.2 Å². The fraction of sp³-hybridized carbons (Fsp3) is 0.577. The molecule has 1 aliphatic heterocycles. The van der Waals surface area contributed by atoms with Gasteiger partial charge in [0, 0.05) is 30.4 Å². The maximum atomic E-state index is 13.5. The van der Waals surface area contributed by atoms with Crippen molar-refractivity contribution in [2.24, 2.45) is 23.7 Å². The van der Waals surface area contributed by atoms with Crippen LogP contribution < -0.4 is 10.2 Å². The molecule has 34 heavy (non-hydrogen) atoms. The van der Waals surface area contributed by atoms with Gasteiger partial charge in [-0.15, -0.1) is 0 Å². The van der Waals surface area contributed by atoms with E-state index >= 15 is 0 Å². The van der Waals surface area contributed by atoms with Crippen LogP contribution in [0.15, 0.2) is 36.4 Å². The molecule has 1 aromatic rings. The van der Waals surface area contributed by atoms with E-state index in [-0.39, 0.29) is 30.9 Å². The maximum absolute atomic E-state index is 13.5. The molecule has 1 fully saturated rings. The first-order chi connectivity index (χ1) is 16.3. The van der Waals surface area contributed by atoms with Crippen LogP contribution in [0, 0.1) is 23.7 Å². The Morgan fingerprint density at radius 3 is 2.35 bits per heavy atom. The largest absolute Gasteiger partial charge is 0.466 e. The van der Waals surface area contributed by atoms with Crippen LogP contribution in [0.2, 0.25) is 0 Å². The summed E-state index contributed by atoms with van der Waals surface area (Å²) in [6.07, 6.45) is 3.77. The molecule has 0 bridgehead atoms. The monoisotopic (exact) mass is 471 g/mol. The maximum Gasteiger partial charge on any atom is 0.310 e. The zero-order valence-electron chi connectivity index (χ0n) is 20.7. The summed E-state index contributed by atoms with van der Waals surface area (Å²) in [5.74, 6) is -3.09. The highest BCUT2D eigenvalue weighted by Crippen LogP contribution is 2.45. The van der Waals surface area contributed by atoms with Crippen LogP contribution in [0.1, 0.15) is 34.6 Å². The highest BCUT2D eigenvalue weighted by Gasteiger charge is 2.58. The molecule has 0 saturated carbocycles. The normalized spacial score (nSPS) is 26.7. The third-order valence-electron chi connectivity index (χ3n) is 7.04. The molecule has 0 spiro atoms. The van der Waals surface area contributed by atoms with Crippen molar-refractivity contribution in [2.75, 3.05) is 36.5 Å². The van der Waals surface area contributed by atoms with Gasteiger partial charge in [-0.25, -0.2) is 0 Å². The van der Waals surface area contributed by atoms with E-state index < -0.39 is 35.8 Å². The summed E-state index contributed by atoms with van der Waals surface area (Å²) in [5.41, 5.74) is 1.69. The molecule has 0 unspecified atom stereocenters. The molecule has 2 aliphatic rings. The summed E-state index contributed by atoms with van der Waals surface area (Å²) < 4.78 is 5.27. The van der Waals surface area contributed by atoms with Crippen molar-refractivity contribution in [1.82, 2.24) is 4.90 Å². The third-order valence-corrected chi connectivity index (χ3v) is 7.04. The molecular formula is C26H37N3O5. The Hall–Kier alpha value is -2.87. The molecule has 0 radical (unpaired) electrons. The van der Waals surface area contributed by atoms with Crippen LogP contribution >= 0.6 is 0 Å². The highest BCUT2D eigenvalue weighted by atomic mass is 16.5. The second-order valence-corrected chi connectivity index (χ2v) is 9.06. The number of aliphatic hydroxyl groups is 1. The lowest BCUT2D eigenvalue weighted by Crippen LogP contribution is -2.49. The van der Waals surface area contributed by atoms with Crippen LogP contribution in [-0.2, 0) is 19.1 Å². The predicted octanol–water partition coefficient (Wildman–Crippen LogP) is 2.68. The van der Waals surface area contributed by atoms with Crippen molar-refractivity contribution in [3.8, 4) is 0 Å². The SMILES string of the molecule is CCOC(=O)[C@H]1[C@H]2C(=O)N([C@H](C)CO)[C@H](C(=O)Nc3ccc(N(CC)CC)cc3)[C@H]2C=C[C@H]1C. The van der Waals surface area contributed by atoms with Gasteiger partial charge < -0.3 is 25.0 Å². The van der Waals surface area contributed by atoms with Crippen LogP contribution in [0.5, 0.6) is 0 Å². The smallest absolute Gasteiger partial charge is 0.310 e. The summed E-state index contributed by atoms with van der Waals surface area (Å²) in [5, 5.41) is 12.8. The lowest BCUT2D eigenvalue weighted by Gasteiger charge is -2.32. The van der Waals surface area contributed by atoms with Gasteiger partial charge in [-0.05, 0) is 57.9 Å². The van der Waals surface area contributed by atoms with Crippen molar-refractivity contribution in [1.29, 1.82) is 0 Å². The molecular weight excluding hydrogens is 434 g/mol. The van der Waals surface area contributed by atoms with Crippen molar-refractivity contribution in [3.63, 3.8) is 0 Å². The summed E-state index contributed by atoms with van der Waals surface area (Å²) in [6.45, 7) is 11.2. The molecule has 6 atom stereocenters. The lowest BCUT2D eigenvalue weighted by molar-refractivity contribution is -0.155. The molecule has 2 amide bonds. The number of nitrogens with zero attached hydrogens (tertiary/aromatic N) is 2. The number of likely N-dealkylation sites (tertiary alicyclic amines) is 1. The molecule has 1 aromatic carbocycles. The Morgan fingerprint density at radius 1 is 1.15 bits per heavy atom. The Bertz CT molecular complexity index is 912. The number of hydrogen-bond acceptors (Lipinski definition) is 6. The molecule has 0 aromatic heterocycles. The summed E-state index contributed by atoms with van der Waals surface area (Å²) in [4.78, 5) is 43.5. The molecule has 1 aliphatic carbocycles. The predicted molar refractivity (Wildman–Crippen MR) is 131 cm³/mol. The molecule has 8 nitrogen and oxygen atoms in total. The van der Waals surface area contributed by atoms with E-state index in [2.05, 4.69) is 24.1 Å². The topological polar surface area (TPSA) is 99.2 Å². The first-order valence-corrected chi connectivity index (χ1v) is 12.2. The molecule has 8 heteroatoms. The number of allylic oxidation sites excluding steroid dienone is 1. The number of benzene rings is 1. The fourth-order valence-corrected chi connectivity index (χ4v) is 5.26. The number of amides is 2. The number of nitrogens with one attached hydrogen (secondary N) is 1. The first-order valence-electron chi connectivity index (χ1n) is 12.2. The summed E-state index contributed by atoms with van der Waals surface area (Å²) >= 11 is 0. The Kier molecular flexibility index (Phi) is 8.36. The van der Waals surface area contributed by atoms with E-state index in [0.717, 1.165) is 18.8 Å². The molecule has 186 valence electrons. The quantitative estimate of drug-likeness (QED) is 0.424. The Labute approximate surface area is 201 Å². The van der Waals surface area contributed by atoms with Crippen LogP contribution in [-0.4, -0.2) is 66.2 Å². The number of anilines is 2. The third kappa shape index (κ3) is 4.82. The molecule has 1 heterocycles. The van der Waals surface area contributed by atoms with Crippen molar-refractivity contribution >= 4 is 29.2 Å². The number of aliphatic hydroxyl groups excluding tert-OH is 1. The minimum Gasteiger partial charge on any atom is -0.466 e. The summed E-state index contributed by atoms with van der Waals surface area (Å²) in [7, 11) is 0. The number of rotatable bonds is 9. The van der Waals surface area contributed by atoms with E-state index in [1.807, 2.05) is 43.3 Å². The average Bonchev–Trinajstić information content (AvgIpc) is 3.12. The number of hydrogen-bond donors (Lipinski definition) is 2. The number of esters is 1. The molecule has 1 saturated heterocycles. The Balaban J connectivity index is 1.90. The van der Waals surface area contributed by atoms with Gasteiger partial charge in [-0.2, -0.15) is 0 Å². The van der Waals surface area contributed by atoms with Crippen LogP contribution in [0.25, 0.3) is 0 Å². The van der Waals surface area contributed by atoms with Gasteiger partial charge in [-0.3, -0.25) is 14.4 Å². The van der Waals surface area contributed by atoms with Gasteiger partial charge in [0.15, 0.2) is 0 Å². The van der Waals surface area contributed by atoms with E-state index in [1.165, 1.54) is 4.90 Å². The van der Waals surface area contributed by atoms with Gasteiger partial charge in [-0.1, -0.05) is 19.1 Å². The van der Waals surface area contributed by atoms with E-state index in [0.29, 0.717) is 5.69 Å². The molecule has 3 rings (SSSR count). The lowest BCUT2D eigenvalue weighted by atomic mass is 9.70. The van der Waals surface area contributed by atoms with E-state index in [4.69, 9.17) is 4.74 Å². The van der Waals surface area contributed by atoms with Crippen LogP contribution in [0.3, 0.4) is 0 Å². The first kappa shape index (κ1) is 25.7. The van der Waals surface area contributed by atoms with E-state index in [9.17, 15) is 19.5 Å². The zero-order chi connectivity index (χ0) is 25.0. The average molecular weight is 472 g/mol. The molecule has 2 N–H and O–H groups in total. The number of ether oxygens (including phenoxy) is 1. The minimum absolute atomic E-state index is 0.190. The van der Waals surface area contributed by atoms with Gasteiger partial charge in [0.25, 0.3) is 0 Å². The highest BCUT2D eigenvalue weighted by molar-refractivity contribution is 6.01. The van der Waals surface area contributed by atoms with Crippen molar-refractivity contribution in [2.45, 2.75) is 46.7 Å². The van der Waals surface area contributed by atoms with Crippen molar-refractivity contribution in [3.05, 3.63) is 36.4 Å². The number of carbonyl (C=O) groups excluding carboxylic acids is 3. The van der Waals surface area contributed by atoms with Gasteiger partial charge in [0.2, 0.25) is 11.8 Å². The standard InChI is InChI=1S/C26H37N3O5/c1-6-28(7-2)19-12-10-18(11-13-19)27-24(31)23-20-14-9-16(4)21(26(33)34-8-3)22(20)25(32)29(23)17(5)15-30/h9-14,16-17,20-23,30H,6-8,15H2,1-5H3,(H,27,31)/t16-,17-,20+,21-,22+,23+/m1/s1. The second kappa shape index (κ2) is 11.0. The van der Waals surface area contributed by atoms with E-state index in [1.54, 1.807) is 13.8 Å². The number of carbonyl (C=O) groups is 3. The fourth-order valence-electron chi connectivity index (χ4n) is 5.26. The van der Waals surface area contributed by atoms with Gasteiger partial charge in [0.1, 0.15) is 6.04 Å². The second-order valence-electron chi connectivity index (χ2n) is 9.06. The van der Waals surface area contributed by atoms with Gasteiger partial charge in [0.05, 0.1) is 31.1 Å². The zero-order valence-corrected chi connectivity index (χ0v) is 20.7. The summed E-state index contributed by atoms with van der Waals surface area (Å²) in [6, 6.07) is 6.21. The minimum atomic E-state index is -0.831.